The Morgan fingerprint density at radius 2 is 1.73 bits per heavy atom. The fraction of sp³-hybridized carbons (Fsp3) is 0.286. The molecule has 2 aromatic carbocycles. The predicted octanol–water partition coefficient (Wildman–Crippen LogP) is 3.02. The second-order valence-corrected chi connectivity index (χ2v) is 6.99. The first-order chi connectivity index (χ1) is 12.5. The van der Waals surface area contributed by atoms with Crippen molar-refractivity contribution < 1.29 is 4.79 Å². The summed E-state index contributed by atoms with van der Waals surface area (Å²) in [5, 5.41) is 0.550. The number of carbonyl (C=O) groups excluding carboxylic acids is 1. The van der Waals surface area contributed by atoms with Crippen molar-refractivity contribution in [3.05, 3.63) is 75.8 Å². The number of aromatic nitrogens is 2. The first-order valence-electron chi connectivity index (χ1n) is 8.81. The fourth-order valence-electron chi connectivity index (χ4n) is 3.68. The van der Waals surface area contributed by atoms with Crippen molar-refractivity contribution >= 4 is 16.8 Å². The van der Waals surface area contributed by atoms with Gasteiger partial charge in [-0.25, -0.2) is 4.98 Å². The van der Waals surface area contributed by atoms with Crippen molar-refractivity contribution in [2.75, 3.05) is 7.05 Å². The molecule has 2 atom stereocenters. The zero-order valence-electron chi connectivity index (χ0n) is 15.1. The average Bonchev–Trinajstić information content (AvgIpc) is 2.65. The topological polar surface area (TPSA) is 55.2 Å². The summed E-state index contributed by atoms with van der Waals surface area (Å²) in [5.41, 5.74) is 2.83. The van der Waals surface area contributed by atoms with E-state index in [1.807, 2.05) is 25.1 Å². The SMILES string of the molecule is Cc1ccc(C[C@H]2c3nc4ccccc4c(=O)n3[C@@H](C)C(=O)N2C)cc1. The van der Waals surface area contributed by atoms with Gasteiger partial charge >= 0.3 is 0 Å². The van der Waals surface area contributed by atoms with E-state index >= 15 is 0 Å². The molecule has 0 bridgehead atoms. The Kier molecular flexibility index (Phi) is 3.87. The molecule has 0 N–H and O–H groups in total. The van der Waals surface area contributed by atoms with Gasteiger partial charge in [0.1, 0.15) is 11.9 Å². The van der Waals surface area contributed by atoms with Crippen LogP contribution in [-0.2, 0) is 11.2 Å². The van der Waals surface area contributed by atoms with Gasteiger partial charge in [-0.15, -0.1) is 0 Å². The number of benzene rings is 2. The van der Waals surface area contributed by atoms with Gasteiger partial charge < -0.3 is 4.90 Å². The monoisotopic (exact) mass is 347 g/mol. The minimum atomic E-state index is -0.547. The van der Waals surface area contributed by atoms with Crippen molar-refractivity contribution in [3.63, 3.8) is 0 Å². The van der Waals surface area contributed by atoms with Crippen LogP contribution in [0.15, 0.2) is 53.3 Å². The molecule has 1 aliphatic rings. The molecule has 132 valence electrons. The summed E-state index contributed by atoms with van der Waals surface area (Å²) in [6.45, 7) is 3.81. The molecule has 1 amide bonds. The Labute approximate surface area is 151 Å². The lowest BCUT2D eigenvalue weighted by atomic mass is 9.99. The van der Waals surface area contributed by atoms with Crippen LogP contribution < -0.4 is 5.56 Å². The number of amides is 1. The summed E-state index contributed by atoms with van der Waals surface area (Å²) in [6.07, 6.45) is 0.625. The van der Waals surface area contributed by atoms with E-state index in [1.165, 1.54) is 5.56 Å². The summed E-state index contributed by atoms with van der Waals surface area (Å²) in [4.78, 5) is 32.3. The minimum absolute atomic E-state index is 0.0613. The van der Waals surface area contributed by atoms with E-state index in [1.54, 1.807) is 29.5 Å². The molecule has 0 unspecified atom stereocenters. The number of rotatable bonds is 2. The van der Waals surface area contributed by atoms with Gasteiger partial charge in [-0.1, -0.05) is 42.0 Å². The maximum atomic E-state index is 13.0. The third kappa shape index (κ3) is 2.51. The largest absolute Gasteiger partial charge is 0.333 e. The normalized spacial score (nSPS) is 19.7. The molecular formula is C21H21N3O2. The number of fused-ring (bicyclic) bond motifs is 2. The average molecular weight is 347 g/mol. The molecule has 0 radical (unpaired) electrons. The van der Waals surface area contributed by atoms with Crippen LogP contribution in [0.4, 0.5) is 0 Å². The molecule has 0 fully saturated rings. The number of aryl methyl sites for hydroxylation is 1. The Bertz CT molecular complexity index is 1050. The van der Waals surface area contributed by atoms with Crippen LogP contribution in [-0.4, -0.2) is 27.4 Å². The number of carbonyl (C=O) groups is 1. The highest BCUT2D eigenvalue weighted by Crippen LogP contribution is 2.31. The van der Waals surface area contributed by atoms with Crippen molar-refractivity contribution in [2.24, 2.45) is 0 Å². The molecule has 26 heavy (non-hydrogen) atoms. The van der Waals surface area contributed by atoms with Gasteiger partial charge in [0.15, 0.2) is 0 Å². The summed E-state index contributed by atoms with van der Waals surface area (Å²) in [6, 6.07) is 14.8. The maximum absolute atomic E-state index is 13.0. The van der Waals surface area contributed by atoms with E-state index in [2.05, 4.69) is 24.3 Å². The van der Waals surface area contributed by atoms with E-state index < -0.39 is 6.04 Å². The lowest BCUT2D eigenvalue weighted by Gasteiger charge is -2.37. The number of para-hydroxylation sites is 1. The molecule has 1 aliphatic heterocycles. The summed E-state index contributed by atoms with van der Waals surface area (Å²) in [5.74, 6) is 0.595. The lowest BCUT2D eigenvalue weighted by molar-refractivity contribution is -0.137. The molecule has 0 saturated carbocycles. The summed E-state index contributed by atoms with van der Waals surface area (Å²) in [7, 11) is 1.79. The van der Waals surface area contributed by atoms with Crippen molar-refractivity contribution in [1.29, 1.82) is 0 Å². The molecule has 0 spiro atoms. The minimum Gasteiger partial charge on any atom is -0.333 e. The van der Waals surface area contributed by atoms with Gasteiger partial charge in [-0.05, 0) is 31.5 Å². The van der Waals surface area contributed by atoms with E-state index in [0.29, 0.717) is 23.1 Å². The molecule has 3 aromatic rings. The molecule has 2 heterocycles. The van der Waals surface area contributed by atoms with E-state index in [-0.39, 0.29) is 17.5 Å². The second kappa shape index (κ2) is 6.09. The van der Waals surface area contributed by atoms with Gasteiger partial charge in [-0.3, -0.25) is 14.2 Å². The van der Waals surface area contributed by atoms with Gasteiger partial charge in [-0.2, -0.15) is 0 Å². The Morgan fingerprint density at radius 1 is 1.04 bits per heavy atom. The van der Waals surface area contributed by atoms with Crippen LogP contribution in [0.3, 0.4) is 0 Å². The molecule has 1 aromatic heterocycles. The third-order valence-electron chi connectivity index (χ3n) is 5.24. The van der Waals surface area contributed by atoms with Crippen LogP contribution in [0.5, 0.6) is 0 Å². The van der Waals surface area contributed by atoms with E-state index in [9.17, 15) is 9.59 Å². The smallest absolute Gasteiger partial charge is 0.262 e. The van der Waals surface area contributed by atoms with Crippen LogP contribution >= 0.6 is 0 Å². The van der Waals surface area contributed by atoms with Crippen LogP contribution in [0, 0.1) is 6.92 Å². The van der Waals surface area contributed by atoms with Gasteiger partial charge in [0.05, 0.1) is 16.9 Å². The van der Waals surface area contributed by atoms with Gasteiger partial charge in [0, 0.05) is 13.5 Å². The molecular weight excluding hydrogens is 326 g/mol. The van der Waals surface area contributed by atoms with Crippen molar-refractivity contribution in [3.8, 4) is 0 Å². The molecule has 0 aliphatic carbocycles. The highest BCUT2D eigenvalue weighted by molar-refractivity contribution is 5.83. The maximum Gasteiger partial charge on any atom is 0.262 e. The molecule has 4 rings (SSSR count). The standard InChI is InChI=1S/C21H21N3O2/c1-13-8-10-15(11-9-13)12-18-19-22-17-7-5-4-6-16(17)21(26)24(19)14(2)20(25)23(18)3/h4-11,14,18H,12H2,1-3H3/t14-,18-/m0/s1. The quantitative estimate of drug-likeness (QED) is 0.716. The van der Waals surface area contributed by atoms with E-state index in [0.717, 1.165) is 5.56 Å². The van der Waals surface area contributed by atoms with Crippen LogP contribution in [0.2, 0.25) is 0 Å². The van der Waals surface area contributed by atoms with Crippen LogP contribution in [0.1, 0.15) is 36.0 Å². The summed E-state index contributed by atoms with van der Waals surface area (Å²) < 4.78 is 1.57. The fourth-order valence-corrected chi connectivity index (χ4v) is 3.68. The van der Waals surface area contributed by atoms with Crippen molar-refractivity contribution in [2.45, 2.75) is 32.4 Å². The molecule has 0 saturated heterocycles. The highest BCUT2D eigenvalue weighted by Gasteiger charge is 2.37. The number of likely N-dealkylation sites (N-methyl/N-ethyl adjacent to an activating group) is 1. The third-order valence-corrected chi connectivity index (χ3v) is 5.24. The Hall–Kier alpha value is -2.95. The van der Waals surface area contributed by atoms with Gasteiger partial charge in [0.25, 0.3) is 5.56 Å². The molecule has 5 nitrogen and oxygen atoms in total. The summed E-state index contributed by atoms with van der Waals surface area (Å²) >= 11 is 0. The number of hydrogen-bond acceptors (Lipinski definition) is 3. The van der Waals surface area contributed by atoms with Crippen molar-refractivity contribution in [1.82, 2.24) is 14.5 Å². The number of hydrogen-bond donors (Lipinski definition) is 0. The zero-order valence-corrected chi connectivity index (χ0v) is 15.1. The van der Waals surface area contributed by atoms with E-state index in [4.69, 9.17) is 4.98 Å². The van der Waals surface area contributed by atoms with Crippen LogP contribution in [0.25, 0.3) is 10.9 Å². The highest BCUT2D eigenvalue weighted by atomic mass is 16.2. The molecule has 5 heteroatoms. The first-order valence-corrected chi connectivity index (χ1v) is 8.81. The number of nitrogens with zero attached hydrogens (tertiary/aromatic N) is 3. The lowest BCUT2D eigenvalue weighted by Crippen LogP contribution is -2.48. The Balaban J connectivity index is 1.90. The second-order valence-electron chi connectivity index (χ2n) is 6.99. The Morgan fingerprint density at radius 3 is 2.46 bits per heavy atom. The first kappa shape index (κ1) is 16.5. The predicted molar refractivity (Wildman–Crippen MR) is 101 cm³/mol. The zero-order chi connectivity index (χ0) is 18.4. The van der Waals surface area contributed by atoms with Gasteiger partial charge in [0.2, 0.25) is 5.91 Å².